The van der Waals surface area contributed by atoms with Crippen LogP contribution in [0.3, 0.4) is 0 Å². The fourth-order valence-corrected chi connectivity index (χ4v) is 1.74. The van der Waals surface area contributed by atoms with Gasteiger partial charge in [-0.3, -0.25) is 0 Å². The van der Waals surface area contributed by atoms with Crippen LogP contribution in [0.2, 0.25) is 0 Å². The molecule has 0 spiro atoms. The predicted octanol–water partition coefficient (Wildman–Crippen LogP) is 2.88. The number of hydrogen-bond donors (Lipinski definition) is 1. The first-order valence-electron chi connectivity index (χ1n) is 5.76. The number of nitrogens with one attached hydrogen (secondary N) is 1. The van der Waals surface area contributed by atoms with E-state index < -0.39 is 0 Å². The number of methoxy groups -OCH3 is 1. The minimum Gasteiger partial charge on any atom is -0.468 e. The average molecular weight is 225 g/mol. The van der Waals surface area contributed by atoms with Crippen molar-refractivity contribution >= 4 is 0 Å². The lowest BCUT2D eigenvalue weighted by Crippen LogP contribution is -2.35. The maximum atomic E-state index is 5.41. The molecule has 3 heteroatoms. The fraction of sp³-hybridized carbons (Fsp3) is 0.692. The second kappa shape index (κ2) is 5.51. The van der Waals surface area contributed by atoms with Gasteiger partial charge in [0.15, 0.2) is 0 Å². The molecule has 1 atom stereocenters. The lowest BCUT2D eigenvalue weighted by atomic mass is 10.00. The molecule has 16 heavy (non-hydrogen) atoms. The highest BCUT2D eigenvalue weighted by atomic mass is 16.5. The molecule has 1 unspecified atom stereocenters. The van der Waals surface area contributed by atoms with E-state index in [-0.39, 0.29) is 5.60 Å². The minimum atomic E-state index is -0.0787. The monoisotopic (exact) mass is 225 g/mol. The summed E-state index contributed by atoms with van der Waals surface area (Å²) in [5.74, 6) is 1.02. The number of furan rings is 1. The van der Waals surface area contributed by atoms with Gasteiger partial charge in [0.05, 0.1) is 18.4 Å². The number of hydrogen-bond acceptors (Lipinski definition) is 3. The van der Waals surface area contributed by atoms with Gasteiger partial charge >= 0.3 is 0 Å². The van der Waals surface area contributed by atoms with E-state index in [2.05, 4.69) is 33.0 Å². The Labute approximate surface area is 98.2 Å². The smallest absolute Gasteiger partial charge is 0.120 e. The Morgan fingerprint density at radius 2 is 2.19 bits per heavy atom. The summed E-state index contributed by atoms with van der Waals surface area (Å²) in [4.78, 5) is 0. The fourth-order valence-electron chi connectivity index (χ4n) is 1.74. The summed E-state index contributed by atoms with van der Waals surface area (Å²) >= 11 is 0. The Kier molecular flexibility index (Phi) is 4.56. The van der Waals surface area contributed by atoms with Crippen molar-refractivity contribution in [1.82, 2.24) is 5.32 Å². The van der Waals surface area contributed by atoms with Crippen LogP contribution in [0.15, 0.2) is 16.7 Å². The molecule has 0 aliphatic carbocycles. The maximum Gasteiger partial charge on any atom is 0.120 e. The zero-order chi connectivity index (χ0) is 12.2. The maximum absolute atomic E-state index is 5.41. The normalized spacial score (nSPS) is 14.1. The van der Waals surface area contributed by atoms with Gasteiger partial charge in [0.2, 0.25) is 0 Å². The van der Waals surface area contributed by atoms with E-state index in [0.29, 0.717) is 6.04 Å². The molecule has 0 saturated heterocycles. The molecule has 0 saturated carbocycles. The van der Waals surface area contributed by atoms with Crippen LogP contribution in [-0.4, -0.2) is 18.8 Å². The van der Waals surface area contributed by atoms with Crippen molar-refractivity contribution in [3.63, 3.8) is 0 Å². The second-order valence-electron chi connectivity index (χ2n) is 4.98. The SMILES string of the molecule is COC(C)(C)CC(C)NCc1occc1C. The molecule has 1 aromatic rings. The van der Waals surface area contributed by atoms with Crippen LogP contribution in [0.25, 0.3) is 0 Å². The van der Waals surface area contributed by atoms with E-state index in [1.165, 1.54) is 5.56 Å². The van der Waals surface area contributed by atoms with Crippen LogP contribution in [0.4, 0.5) is 0 Å². The topological polar surface area (TPSA) is 34.4 Å². The summed E-state index contributed by atoms with van der Waals surface area (Å²) in [6.45, 7) is 9.20. The molecule has 1 N–H and O–H groups in total. The van der Waals surface area contributed by atoms with Gasteiger partial charge in [-0.1, -0.05) is 0 Å². The highest BCUT2D eigenvalue weighted by Gasteiger charge is 2.20. The highest BCUT2D eigenvalue weighted by molar-refractivity contribution is 5.14. The molecule has 0 amide bonds. The minimum absolute atomic E-state index is 0.0787. The molecule has 1 heterocycles. The molecule has 0 aliphatic heterocycles. The summed E-state index contributed by atoms with van der Waals surface area (Å²) in [6.07, 6.45) is 2.71. The van der Waals surface area contributed by atoms with Crippen LogP contribution in [0, 0.1) is 6.92 Å². The van der Waals surface area contributed by atoms with E-state index in [4.69, 9.17) is 9.15 Å². The Bertz CT molecular complexity index is 317. The second-order valence-corrected chi connectivity index (χ2v) is 4.98. The van der Waals surface area contributed by atoms with Gasteiger partial charge in [0, 0.05) is 13.2 Å². The first-order valence-corrected chi connectivity index (χ1v) is 5.76. The van der Waals surface area contributed by atoms with Crippen LogP contribution >= 0.6 is 0 Å². The van der Waals surface area contributed by atoms with Crippen molar-refractivity contribution in [3.05, 3.63) is 23.7 Å². The van der Waals surface area contributed by atoms with Crippen molar-refractivity contribution in [2.75, 3.05) is 7.11 Å². The Morgan fingerprint density at radius 1 is 1.50 bits per heavy atom. The van der Waals surface area contributed by atoms with E-state index in [1.807, 2.05) is 6.07 Å². The predicted molar refractivity (Wildman–Crippen MR) is 65.5 cm³/mol. The third-order valence-electron chi connectivity index (χ3n) is 2.93. The first-order chi connectivity index (χ1) is 7.44. The Morgan fingerprint density at radius 3 is 2.69 bits per heavy atom. The molecule has 1 aromatic heterocycles. The molecule has 0 aromatic carbocycles. The molecular formula is C13H23NO2. The van der Waals surface area contributed by atoms with Gasteiger partial charge in [-0.25, -0.2) is 0 Å². The Hall–Kier alpha value is -0.800. The van der Waals surface area contributed by atoms with Gasteiger partial charge in [-0.2, -0.15) is 0 Å². The van der Waals surface area contributed by atoms with E-state index in [9.17, 15) is 0 Å². The number of ether oxygens (including phenoxy) is 1. The van der Waals surface area contributed by atoms with Gasteiger partial charge in [0.25, 0.3) is 0 Å². The third kappa shape index (κ3) is 3.99. The van der Waals surface area contributed by atoms with Crippen LogP contribution in [0.1, 0.15) is 38.5 Å². The molecule has 0 radical (unpaired) electrons. The quantitative estimate of drug-likeness (QED) is 0.808. The number of aryl methyl sites for hydroxylation is 1. The Balaban J connectivity index is 2.36. The largest absolute Gasteiger partial charge is 0.468 e. The lowest BCUT2D eigenvalue weighted by Gasteiger charge is -2.27. The summed E-state index contributed by atoms with van der Waals surface area (Å²) in [6, 6.07) is 2.39. The van der Waals surface area contributed by atoms with Crippen LogP contribution < -0.4 is 5.32 Å². The van der Waals surface area contributed by atoms with Gasteiger partial charge in [-0.05, 0) is 45.7 Å². The molecule has 92 valence electrons. The van der Waals surface area contributed by atoms with Crippen molar-refractivity contribution in [1.29, 1.82) is 0 Å². The van der Waals surface area contributed by atoms with Crippen LogP contribution in [-0.2, 0) is 11.3 Å². The van der Waals surface area contributed by atoms with Crippen molar-refractivity contribution in [2.24, 2.45) is 0 Å². The molecule has 1 rings (SSSR count). The van der Waals surface area contributed by atoms with Crippen LogP contribution in [0.5, 0.6) is 0 Å². The molecule has 0 aliphatic rings. The van der Waals surface area contributed by atoms with Gasteiger partial charge in [-0.15, -0.1) is 0 Å². The summed E-state index contributed by atoms with van der Waals surface area (Å²) < 4.78 is 10.8. The van der Waals surface area contributed by atoms with Gasteiger partial charge in [0.1, 0.15) is 5.76 Å². The zero-order valence-corrected chi connectivity index (χ0v) is 11.0. The summed E-state index contributed by atoms with van der Waals surface area (Å²) in [7, 11) is 1.75. The molecular weight excluding hydrogens is 202 g/mol. The van der Waals surface area contributed by atoms with E-state index in [0.717, 1.165) is 18.7 Å². The third-order valence-corrected chi connectivity index (χ3v) is 2.93. The molecule has 3 nitrogen and oxygen atoms in total. The standard InChI is InChI=1S/C13H23NO2/c1-10-6-7-16-12(10)9-14-11(2)8-13(3,4)15-5/h6-7,11,14H,8-9H2,1-5H3. The zero-order valence-electron chi connectivity index (χ0n) is 11.0. The number of rotatable bonds is 6. The molecule has 0 fully saturated rings. The lowest BCUT2D eigenvalue weighted by molar-refractivity contribution is 0.00831. The van der Waals surface area contributed by atoms with Crippen molar-refractivity contribution < 1.29 is 9.15 Å². The van der Waals surface area contributed by atoms with Gasteiger partial charge < -0.3 is 14.5 Å². The summed E-state index contributed by atoms with van der Waals surface area (Å²) in [5.41, 5.74) is 1.12. The van der Waals surface area contributed by atoms with Crippen molar-refractivity contribution in [2.45, 2.75) is 52.3 Å². The van der Waals surface area contributed by atoms with Crippen molar-refractivity contribution in [3.8, 4) is 0 Å². The average Bonchev–Trinajstić information content (AvgIpc) is 2.60. The summed E-state index contributed by atoms with van der Waals surface area (Å²) in [5, 5.41) is 3.44. The van der Waals surface area contributed by atoms with E-state index in [1.54, 1.807) is 13.4 Å². The van der Waals surface area contributed by atoms with E-state index >= 15 is 0 Å². The highest BCUT2D eigenvalue weighted by Crippen LogP contribution is 2.16. The first kappa shape index (κ1) is 13.3. The molecule has 0 bridgehead atoms.